The Hall–Kier alpha value is -2.28. The van der Waals surface area contributed by atoms with Crippen molar-refractivity contribution >= 4 is 22.9 Å². The van der Waals surface area contributed by atoms with Gasteiger partial charge in [0.25, 0.3) is 0 Å². The quantitative estimate of drug-likeness (QED) is 0.505. The van der Waals surface area contributed by atoms with Crippen LogP contribution in [0.15, 0.2) is 59.6 Å². The van der Waals surface area contributed by atoms with Gasteiger partial charge in [0.2, 0.25) is 0 Å². The maximum atomic E-state index is 8.76. The molecule has 0 atom stereocenters. The molecule has 6 heteroatoms. The van der Waals surface area contributed by atoms with E-state index in [1.54, 1.807) is 13.3 Å². The lowest BCUT2D eigenvalue weighted by atomic mass is 10.2. The van der Waals surface area contributed by atoms with Gasteiger partial charge in [-0.3, -0.25) is 9.71 Å². The first-order valence-corrected chi connectivity index (χ1v) is 8.33. The number of nitrogens with one attached hydrogen (secondary N) is 1. The van der Waals surface area contributed by atoms with Crippen molar-refractivity contribution in [3.8, 4) is 17.2 Å². The van der Waals surface area contributed by atoms with E-state index in [2.05, 4.69) is 9.71 Å². The average Bonchev–Trinajstić information content (AvgIpc) is 2.63. The highest BCUT2D eigenvalue weighted by Crippen LogP contribution is 2.31. The first-order valence-electron chi connectivity index (χ1n) is 7.51. The standard InChI is InChI=1S/C18H18N2O3S/c1-22-14-4-7-16-17(12-14)19-9-8-18(16)23-13-2-5-15(6-3-13)24-20-10-11-21/h2-9,12,20-21H,10-11H2,1H3. The van der Waals surface area contributed by atoms with Crippen molar-refractivity contribution in [2.24, 2.45) is 0 Å². The van der Waals surface area contributed by atoms with Crippen LogP contribution < -0.4 is 14.2 Å². The van der Waals surface area contributed by atoms with Crippen molar-refractivity contribution in [3.63, 3.8) is 0 Å². The summed E-state index contributed by atoms with van der Waals surface area (Å²) in [5, 5.41) is 9.70. The Morgan fingerprint density at radius 3 is 2.62 bits per heavy atom. The van der Waals surface area contributed by atoms with Gasteiger partial charge in [0.1, 0.15) is 17.2 Å². The maximum Gasteiger partial charge on any atom is 0.138 e. The van der Waals surface area contributed by atoms with E-state index < -0.39 is 0 Å². The lowest BCUT2D eigenvalue weighted by Gasteiger charge is -2.10. The van der Waals surface area contributed by atoms with E-state index in [4.69, 9.17) is 14.6 Å². The van der Waals surface area contributed by atoms with E-state index in [1.807, 2.05) is 48.5 Å². The number of ether oxygens (including phenoxy) is 2. The molecule has 0 bridgehead atoms. The highest BCUT2D eigenvalue weighted by Gasteiger charge is 2.06. The lowest BCUT2D eigenvalue weighted by Crippen LogP contribution is -2.08. The van der Waals surface area contributed by atoms with Crippen molar-refractivity contribution < 1.29 is 14.6 Å². The van der Waals surface area contributed by atoms with Gasteiger partial charge < -0.3 is 14.6 Å². The van der Waals surface area contributed by atoms with Gasteiger partial charge in [0.15, 0.2) is 0 Å². The second kappa shape index (κ2) is 8.01. The van der Waals surface area contributed by atoms with Crippen LogP contribution >= 0.6 is 11.9 Å². The van der Waals surface area contributed by atoms with E-state index >= 15 is 0 Å². The van der Waals surface area contributed by atoms with Gasteiger partial charge in [-0.25, -0.2) is 0 Å². The minimum atomic E-state index is 0.119. The molecule has 1 aromatic heterocycles. The van der Waals surface area contributed by atoms with Crippen molar-refractivity contribution in [2.45, 2.75) is 4.90 Å². The molecule has 0 saturated heterocycles. The minimum absolute atomic E-state index is 0.119. The summed E-state index contributed by atoms with van der Waals surface area (Å²) in [5.74, 6) is 2.27. The van der Waals surface area contributed by atoms with Gasteiger partial charge in [-0.15, -0.1) is 0 Å². The smallest absolute Gasteiger partial charge is 0.138 e. The third kappa shape index (κ3) is 3.97. The number of pyridine rings is 1. The predicted molar refractivity (Wildman–Crippen MR) is 95.8 cm³/mol. The maximum absolute atomic E-state index is 8.76. The van der Waals surface area contributed by atoms with Crippen LogP contribution in [-0.4, -0.2) is 30.4 Å². The predicted octanol–water partition coefficient (Wildman–Crippen LogP) is 3.62. The zero-order chi connectivity index (χ0) is 16.8. The number of benzene rings is 2. The van der Waals surface area contributed by atoms with Gasteiger partial charge >= 0.3 is 0 Å². The van der Waals surface area contributed by atoms with Crippen LogP contribution in [0.5, 0.6) is 17.2 Å². The Bertz CT molecular complexity index is 809. The van der Waals surface area contributed by atoms with Crippen LogP contribution in [0.25, 0.3) is 10.9 Å². The number of hydrogen-bond donors (Lipinski definition) is 2. The molecule has 0 saturated carbocycles. The molecule has 0 unspecified atom stereocenters. The van der Waals surface area contributed by atoms with Gasteiger partial charge in [-0.05, 0) is 54.4 Å². The Morgan fingerprint density at radius 1 is 1.08 bits per heavy atom. The lowest BCUT2D eigenvalue weighted by molar-refractivity contribution is 0.302. The van der Waals surface area contributed by atoms with E-state index in [1.165, 1.54) is 11.9 Å². The molecule has 5 nitrogen and oxygen atoms in total. The summed E-state index contributed by atoms with van der Waals surface area (Å²) < 4.78 is 14.3. The molecular weight excluding hydrogens is 324 g/mol. The number of aliphatic hydroxyl groups excluding tert-OH is 1. The third-order valence-electron chi connectivity index (χ3n) is 3.37. The number of hydrogen-bond acceptors (Lipinski definition) is 6. The van der Waals surface area contributed by atoms with Gasteiger partial charge in [-0.1, -0.05) is 0 Å². The first kappa shape index (κ1) is 16.6. The van der Waals surface area contributed by atoms with Gasteiger partial charge in [0, 0.05) is 29.1 Å². The van der Waals surface area contributed by atoms with E-state index in [-0.39, 0.29) is 6.61 Å². The molecular formula is C18H18N2O3S. The molecule has 0 aliphatic carbocycles. The summed E-state index contributed by atoms with van der Waals surface area (Å²) >= 11 is 1.48. The molecule has 0 radical (unpaired) electrons. The monoisotopic (exact) mass is 342 g/mol. The minimum Gasteiger partial charge on any atom is -0.497 e. The number of nitrogens with zero attached hydrogens (tertiary/aromatic N) is 1. The van der Waals surface area contributed by atoms with Crippen LogP contribution in [-0.2, 0) is 0 Å². The number of aromatic nitrogens is 1. The fourth-order valence-electron chi connectivity index (χ4n) is 2.20. The van der Waals surface area contributed by atoms with Crippen LogP contribution in [0, 0.1) is 0 Å². The molecule has 0 aliphatic rings. The number of aliphatic hydroxyl groups is 1. The normalized spacial score (nSPS) is 10.8. The number of methoxy groups -OCH3 is 1. The zero-order valence-electron chi connectivity index (χ0n) is 13.2. The van der Waals surface area contributed by atoms with Crippen molar-refractivity contribution in [3.05, 3.63) is 54.7 Å². The molecule has 0 spiro atoms. The molecule has 2 N–H and O–H groups in total. The second-order valence-electron chi connectivity index (χ2n) is 4.99. The first-order chi connectivity index (χ1) is 11.8. The Labute approximate surface area is 144 Å². The van der Waals surface area contributed by atoms with Crippen molar-refractivity contribution in [2.75, 3.05) is 20.3 Å². The highest BCUT2D eigenvalue weighted by molar-refractivity contribution is 7.97. The van der Waals surface area contributed by atoms with Gasteiger partial charge in [-0.2, -0.15) is 0 Å². The summed E-state index contributed by atoms with van der Waals surface area (Å²) in [6, 6.07) is 15.3. The van der Waals surface area contributed by atoms with E-state index in [9.17, 15) is 0 Å². The third-order valence-corrected chi connectivity index (χ3v) is 4.22. The van der Waals surface area contributed by atoms with Gasteiger partial charge in [0.05, 0.1) is 19.2 Å². The summed E-state index contributed by atoms with van der Waals surface area (Å²) in [5.41, 5.74) is 0.826. The average molecular weight is 342 g/mol. The Kier molecular flexibility index (Phi) is 5.53. The molecule has 0 aliphatic heterocycles. The van der Waals surface area contributed by atoms with E-state index in [0.717, 1.165) is 33.0 Å². The fraction of sp³-hybridized carbons (Fsp3) is 0.167. The van der Waals surface area contributed by atoms with E-state index in [0.29, 0.717) is 6.54 Å². The molecule has 124 valence electrons. The van der Waals surface area contributed by atoms with Crippen LogP contribution in [0.2, 0.25) is 0 Å². The molecule has 3 rings (SSSR count). The zero-order valence-corrected chi connectivity index (χ0v) is 14.0. The summed E-state index contributed by atoms with van der Waals surface area (Å²) in [6.45, 7) is 0.670. The van der Waals surface area contributed by atoms with Crippen LogP contribution in [0.3, 0.4) is 0 Å². The molecule has 24 heavy (non-hydrogen) atoms. The molecule has 3 aromatic rings. The van der Waals surface area contributed by atoms with Crippen molar-refractivity contribution in [1.82, 2.24) is 9.71 Å². The summed E-state index contributed by atoms with van der Waals surface area (Å²) in [4.78, 5) is 5.41. The second-order valence-corrected chi connectivity index (χ2v) is 5.95. The number of rotatable bonds is 7. The SMILES string of the molecule is COc1ccc2c(Oc3ccc(SNCCO)cc3)ccnc2c1. The summed E-state index contributed by atoms with van der Waals surface area (Å²) in [7, 11) is 1.64. The summed E-state index contributed by atoms with van der Waals surface area (Å²) in [6.07, 6.45) is 1.72. The van der Waals surface area contributed by atoms with Crippen LogP contribution in [0.1, 0.15) is 0 Å². The topological polar surface area (TPSA) is 63.6 Å². The highest BCUT2D eigenvalue weighted by atomic mass is 32.2. The largest absolute Gasteiger partial charge is 0.497 e. The molecule has 0 fully saturated rings. The molecule has 1 heterocycles. The van der Waals surface area contributed by atoms with Crippen LogP contribution in [0.4, 0.5) is 0 Å². The number of fused-ring (bicyclic) bond motifs is 1. The Morgan fingerprint density at radius 2 is 1.88 bits per heavy atom. The molecule has 2 aromatic carbocycles. The fourth-order valence-corrected chi connectivity index (χ4v) is 2.83. The van der Waals surface area contributed by atoms with Crippen molar-refractivity contribution in [1.29, 1.82) is 0 Å². The Balaban J connectivity index is 1.77. The molecule has 0 amide bonds.